The fourth-order valence-corrected chi connectivity index (χ4v) is 4.02. The maximum atomic E-state index is 12.6. The Balaban J connectivity index is 0.000000440. The van der Waals surface area contributed by atoms with E-state index in [9.17, 15) is 31.1 Å². The molecule has 1 heterocycles. The summed E-state index contributed by atoms with van der Waals surface area (Å²) in [6.45, 7) is 8.26. The highest BCUT2D eigenvalue weighted by molar-refractivity contribution is 5.94. The van der Waals surface area contributed by atoms with Crippen molar-refractivity contribution in [3.8, 4) is 16.9 Å². The molecule has 1 aliphatic rings. The number of nitrogens with zero attached hydrogens (tertiary/aromatic N) is 1. The number of ether oxygens (including phenoxy) is 1. The lowest BCUT2D eigenvalue weighted by Gasteiger charge is -2.27. The smallest absolute Gasteiger partial charge is 0.490 e. The summed E-state index contributed by atoms with van der Waals surface area (Å²) in [6, 6.07) is 24.4. The van der Waals surface area contributed by atoms with Crippen LogP contribution < -0.4 is 15.4 Å². The van der Waals surface area contributed by atoms with Gasteiger partial charge in [0, 0.05) is 44.8 Å². The molecule has 0 aromatic heterocycles. The summed E-state index contributed by atoms with van der Waals surface area (Å²) in [5.41, 5.74) is 5.38. The highest BCUT2D eigenvalue weighted by Crippen LogP contribution is 2.23. The Morgan fingerprint density at radius 3 is 1.83 bits per heavy atom. The van der Waals surface area contributed by atoms with Crippen LogP contribution in [-0.4, -0.2) is 78.1 Å². The molecule has 4 rings (SSSR count). The number of hydrogen-bond donors (Lipinski definition) is 4. The lowest BCUT2D eigenvalue weighted by molar-refractivity contribution is -0.193. The van der Waals surface area contributed by atoms with Gasteiger partial charge < -0.3 is 25.6 Å². The van der Waals surface area contributed by atoms with Gasteiger partial charge in [0.05, 0.1) is 6.61 Å². The second kappa shape index (κ2) is 17.8. The summed E-state index contributed by atoms with van der Waals surface area (Å²) in [7, 11) is 0. The number of aliphatic carboxylic acids is 2. The van der Waals surface area contributed by atoms with E-state index in [1.807, 2.05) is 25.1 Å². The number of hydrogen-bond acceptors (Lipinski definition) is 6. The third-order valence-corrected chi connectivity index (χ3v) is 6.15. The van der Waals surface area contributed by atoms with Crippen LogP contribution in [0.5, 0.6) is 5.75 Å². The van der Waals surface area contributed by atoms with Crippen LogP contribution in [0.3, 0.4) is 0 Å². The Hall–Kier alpha value is -4.63. The number of nitrogens with one attached hydrogen (secondary N) is 2. The van der Waals surface area contributed by atoms with E-state index in [0.717, 1.165) is 43.9 Å². The summed E-state index contributed by atoms with van der Waals surface area (Å²) in [5, 5.41) is 20.7. The second-order valence-electron chi connectivity index (χ2n) is 9.68. The first-order chi connectivity index (χ1) is 21.6. The topological polar surface area (TPSA) is 128 Å². The molecule has 3 aromatic rings. The number of halogens is 6. The first-order valence-electron chi connectivity index (χ1n) is 13.8. The zero-order valence-corrected chi connectivity index (χ0v) is 24.6. The highest BCUT2D eigenvalue weighted by Gasteiger charge is 2.38. The molecule has 0 bridgehead atoms. The van der Waals surface area contributed by atoms with Crippen molar-refractivity contribution in [1.29, 1.82) is 0 Å². The summed E-state index contributed by atoms with van der Waals surface area (Å²) in [6.07, 6.45) is -10.2. The van der Waals surface area contributed by atoms with Crippen molar-refractivity contribution in [2.24, 2.45) is 0 Å². The van der Waals surface area contributed by atoms with Gasteiger partial charge in [0.25, 0.3) is 5.91 Å². The minimum atomic E-state index is -5.08. The molecule has 0 atom stereocenters. The van der Waals surface area contributed by atoms with Gasteiger partial charge in [-0.2, -0.15) is 26.3 Å². The van der Waals surface area contributed by atoms with Crippen LogP contribution in [0.4, 0.5) is 26.3 Å². The van der Waals surface area contributed by atoms with Crippen molar-refractivity contribution in [3.63, 3.8) is 0 Å². The highest BCUT2D eigenvalue weighted by atomic mass is 19.4. The summed E-state index contributed by atoms with van der Waals surface area (Å²) >= 11 is 0. The SMILES string of the molecule is CCOc1cccc(C(=O)NCc2cccc(-c3cccc(CN4CCNCC4)c3)c2)c1.O=C(O)C(F)(F)F.O=C(O)C(F)(F)F. The van der Waals surface area contributed by atoms with Crippen molar-refractivity contribution in [2.45, 2.75) is 32.4 Å². The quantitative estimate of drug-likeness (QED) is 0.239. The lowest BCUT2D eigenvalue weighted by Crippen LogP contribution is -2.42. The largest absolute Gasteiger partial charge is 0.494 e. The summed E-state index contributed by atoms with van der Waals surface area (Å²) in [4.78, 5) is 32.9. The number of carbonyl (C=O) groups is 3. The van der Waals surface area contributed by atoms with E-state index < -0.39 is 24.3 Å². The Morgan fingerprint density at radius 2 is 1.30 bits per heavy atom. The van der Waals surface area contributed by atoms with Crippen molar-refractivity contribution in [3.05, 3.63) is 89.5 Å². The number of carboxylic acid groups (broad SMARTS) is 2. The molecule has 0 unspecified atom stereocenters. The van der Waals surface area contributed by atoms with Crippen LogP contribution in [0, 0.1) is 0 Å². The molecule has 0 saturated carbocycles. The molecule has 0 spiro atoms. The molecule has 4 N–H and O–H groups in total. The Bertz CT molecular complexity index is 1420. The number of rotatable bonds is 8. The van der Waals surface area contributed by atoms with Crippen LogP contribution in [-0.2, 0) is 22.7 Å². The van der Waals surface area contributed by atoms with Gasteiger partial charge in [0.15, 0.2) is 0 Å². The molecule has 1 saturated heterocycles. The molecule has 1 fully saturated rings. The molecule has 46 heavy (non-hydrogen) atoms. The van der Waals surface area contributed by atoms with E-state index in [1.165, 1.54) is 11.1 Å². The van der Waals surface area contributed by atoms with Crippen LogP contribution in [0.15, 0.2) is 72.8 Å². The minimum absolute atomic E-state index is 0.102. The minimum Gasteiger partial charge on any atom is -0.494 e. The van der Waals surface area contributed by atoms with Gasteiger partial charge in [0.1, 0.15) is 5.75 Å². The van der Waals surface area contributed by atoms with Gasteiger partial charge in [-0.3, -0.25) is 9.69 Å². The zero-order valence-electron chi connectivity index (χ0n) is 24.6. The zero-order chi connectivity index (χ0) is 34.3. The monoisotopic (exact) mass is 657 g/mol. The molecule has 15 heteroatoms. The lowest BCUT2D eigenvalue weighted by atomic mass is 10.0. The Morgan fingerprint density at radius 1 is 0.804 bits per heavy atom. The van der Waals surface area contributed by atoms with E-state index in [-0.39, 0.29) is 5.91 Å². The first kappa shape index (κ1) is 37.6. The second-order valence-corrected chi connectivity index (χ2v) is 9.68. The maximum Gasteiger partial charge on any atom is 0.490 e. The van der Waals surface area contributed by atoms with Crippen LogP contribution >= 0.6 is 0 Å². The first-order valence-corrected chi connectivity index (χ1v) is 13.8. The fraction of sp³-hybridized carbons (Fsp3) is 0.323. The fourth-order valence-electron chi connectivity index (χ4n) is 4.02. The number of alkyl halides is 6. The average Bonchev–Trinajstić information content (AvgIpc) is 3.01. The van der Waals surface area contributed by atoms with Crippen molar-refractivity contribution >= 4 is 17.8 Å². The molecule has 1 aliphatic heterocycles. The number of carbonyl (C=O) groups excluding carboxylic acids is 1. The predicted octanol–water partition coefficient (Wildman–Crippen LogP) is 5.35. The molecule has 0 aliphatic carbocycles. The maximum absolute atomic E-state index is 12.6. The molecule has 3 aromatic carbocycles. The Kier molecular flexibility index (Phi) is 14.5. The molecule has 250 valence electrons. The molecule has 1 amide bonds. The normalized spacial score (nSPS) is 13.3. The number of carboxylic acids is 2. The van der Waals surface area contributed by atoms with Crippen molar-refractivity contribution in [1.82, 2.24) is 15.5 Å². The number of amides is 1. The summed E-state index contributed by atoms with van der Waals surface area (Å²) in [5.74, 6) is -4.90. The molecular formula is C31H33F6N3O6. The van der Waals surface area contributed by atoms with E-state index in [0.29, 0.717) is 24.5 Å². The number of benzene rings is 3. The van der Waals surface area contributed by atoms with Crippen LogP contribution in [0.2, 0.25) is 0 Å². The summed E-state index contributed by atoms with van der Waals surface area (Å²) < 4.78 is 69.0. The van der Waals surface area contributed by atoms with E-state index >= 15 is 0 Å². The van der Waals surface area contributed by atoms with Gasteiger partial charge in [0.2, 0.25) is 0 Å². The van der Waals surface area contributed by atoms with Gasteiger partial charge in [-0.1, -0.05) is 42.5 Å². The van der Waals surface area contributed by atoms with E-state index in [4.69, 9.17) is 24.5 Å². The third kappa shape index (κ3) is 13.6. The average molecular weight is 658 g/mol. The van der Waals surface area contributed by atoms with Crippen molar-refractivity contribution in [2.75, 3.05) is 32.8 Å². The van der Waals surface area contributed by atoms with E-state index in [2.05, 4.69) is 58.0 Å². The Labute approximate surface area is 260 Å². The third-order valence-electron chi connectivity index (χ3n) is 6.15. The van der Waals surface area contributed by atoms with Crippen LogP contribution in [0.1, 0.15) is 28.4 Å². The standard InChI is InChI=1S/C27H31N3O2.2C2HF3O2/c1-2-32-26-11-5-10-25(18-26)27(31)29-19-21-6-3-8-23(16-21)24-9-4-7-22(17-24)20-30-14-12-28-13-15-30;2*3-2(4,5)1(6)7/h3-11,16-18,28H,2,12-15,19-20H2,1H3,(H,29,31);2*(H,6,7). The van der Waals surface area contributed by atoms with Gasteiger partial charge >= 0.3 is 24.3 Å². The van der Waals surface area contributed by atoms with Crippen LogP contribution in [0.25, 0.3) is 11.1 Å². The van der Waals surface area contributed by atoms with Gasteiger partial charge in [-0.05, 0) is 59.5 Å². The molecular weight excluding hydrogens is 624 g/mol. The van der Waals surface area contributed by atoms with E-state index in [1.54, 1.807) is 12.1 Å². The van der Waals surface area contributed by atoms with Crippen molar-refractivity contribution < 1.29 is 55.7 Å². The van der Waals surface area contributed by atoms with Gasteiger partial charge in [-0.15, -0.1) is 0 Å². The van der Waals surface area contributed by atoms with Gasteiger partial charge in [-0.25, -0.2) is 9.59 Å². The molecule has 9 nitrogen and oxygen atoms in total. The number of piperazine rings is 1. The predicted molar refractivity (Wildman–Crippen MR) is 156 cm³/mol. The molecule has 0 radical (unpaired) electrons.